The van der Waals surface area contributed by atoms with Crippen LogP contribution in [0, 0.1) is 22.5 Å². The zero-order valence-electron chi connectivity index (χ0n) is 11.1. The molecule has 0 unspecified atom stereocenters. The third kappa shape index (κ3) is 1.93. The van der Waals surface area contributed by atoms with Crippen LogP contribution in [0.1, 0.15) is 26.3 Å². The third-order valence-electron chi connectivity index (χ3n) is 3.35. The van der Waals surface area contributed by atoms with Gasteiger partial charge in [-0.25, -0.2) is 4.90 Å². The van der Waals surface area contributed by atoms with E-state index < -0.39 is 16.7 Å². The van der Waals surface area contributed by atoms with E-state index in [9.17, 15) is 19.7 Å². The lowest BCUT2D eigenvalue weighted by atomic mass is 10.1. The Bertz CT molecular complexity index is 880. The summed E-state index contributed by atoms with van der Waals surface area (Å²) >= 11 is 0. The van der Waals surface area contributed by atoms with Crippen molar-refractivity contribution in [2.45, 2.75) is 0 Å². The molecule has 22 heavy (non-hydrogen) atoms. The molecule has 6 heteroatoms. The number of nitrogens with zero attached hydrogens (tertiary/aromatic N) is 2. The molecule has 1 aliphatic rings. The van der Waals surface area contributed by atoms with E-state index in [0.29, 0.717) is 11.3 Å². The molecule has 0 aromatic heterocycles. The number of non-ortho nitro benzene ring substituents is 1. The van der Waals surface area contributed by atoms with E-state index in [1.807, 2.05) is 0 Å². The van der Waals surface area contributed by atoms with Crippen LogP contribution in [-0.2, 0) is 0 Å². The van der Waals surface area contributed by atoms with Gasteiger partial charge in [0.25, 0.3) is 17.5 Å². The van der Waals surface area contributed by atoms with Gasteiger partial charge in [0.15, 0.2) is 0 Å². The van der Waals surface area contributed by atoms with Gasteiger partial charge in [0.1, 0.15) is 0 Å². The van der Waals surface area contributed by atoms with Crippen molar-refractivity contribution in [3.63, 3.8) is 0 Å². The second-order valence-electron chi connectivity index (χ2n) is 4.63. The van der Waals surface area contributed by atoms with Crippen LogP contribution in [0.15, 0.2) is 42.5 Å². The highest BCUT2D eigenvalue weighted by atomic mass is 16.6. The number of anilines is 1. The largest absolute Gasteiger partial charge is 0.270 e. The van der Waals surface area contributed by atoms with Crippen LogP contribution in [0.25, 0.3) is 0 Å². The molecule has 1 aliphatic heterocycles. The number of rotatable bonds is 2. The second kappa shape index (κ2) is 4.82. The number of imide groups is 1. The molecule has 106 valence electrons. The molecule has 0 bridgehead atoms. The Hall–Kier alpha value is -3.46. The van der Waals surface area contributed by atoms with Crippen molar-refractivity contribution < 1.29 is 14.5 Å². The highest BCUT2D eigenvalue weighted by Gasteiger charge is 2.37. The highest BCUT2D eigenvalue weighted by Crippen LogP contribution is 2.30. The van der Waals surface area contributed by atoms with Gasteiger partial charge in [-0.05, 0) is 24.3 Å². The number of terminal acetylenes is 1. The van der Waals surface area contributed by atoms with E-state index >= 15 is 0 Å². The van der Waals surface area contributed by atoms with Crippen LogP contribution in [0.4, 0.5) is 11.4 Å². The Balaban J connectivity index is 2.10. The maximum Gasteiger partial charge on any atom is 0.270 e. The summed E-state index contributed by atoms with van der Waals surface area (Å²) < 4.78 is 0. The maximum atomic E-state index is 12.4. The van der Waals surface area contributed by atoms with Crippen LogP contribution >= 0.6 is 0 Å². The number of fused-ring (bicyclic) bond motifs is 1. The first-order valence-electron chi connectivity index (χ1n) is 6.27. The summed E-state index contributed by atoms with van der Waals surface area (Å²) in [4.78, 5) is 35.9. The number of amides is 2. The maximum absolute atomic E-state index is 12.4. The molecule has 1 heterocycles. The summed E-state index contributed by atoms with van der Waals surface area (Å²) in [5.41, 5.74) is 0.787. The van der Waals surface area contributed by atoms with Gasteiger partial charge < -0.3 is 0 Å². The second-order valence-corrected chi connectivity index (χ2v) is 4.63. The molecule has 0 atom stereocenters. The summed E-state index contributed by atoms with van der Waals surface area (Å²) in [6, 6.07) is 10.0. The number of carbonyl (C=O) groups is 2. The Morgan fingerprint density at radius 1 is 1.05 bits per heavy atom. The number of hydrogen-bond acceptors (Lipinski definition) is 4. The minimum atomic E-state index is -0.611. The average molecular weight is 292 g/mol. The van der Waals surface area contributed by atoms with Crippen molar-refractivity contribution >= 4 is 23.2 Å². The predicted octanol–water partition coefficient (Wildman–Crippen LogP) is 2.38. The summed E-state index contributed by atoms with van der Waals surface area (Å²) in [5, 5.41) is 10.8. The van der Waals surface area contributed by atoms with E-state index in [1.165, 1.54) is 18.2 Å². The average Bonchev–Trinajstić information content (AvgIpc) is 2.78. The van der Waals surface area contributed by atoms with Crippen molar-refractivity contribution in [3.05, 3.63) is 69.3 Å². The number of hydrogen-bond donors (Lipinski definition) is 0. The fraction of sp³-hybridized carbons (Fsp3) is 0. The highest BCUT2D eigenvalue weighted by molar-refractivity contribution is 6.34. The van der Waals surface area contributed by atoms with Crippen LogP contribution in [0.2, 0.25) is 0 Å². The number of nitro benzene ring substituents is 1. The van der Waals surface area contributed by atoms with E-state index in [2.05, 4.69) is 5.92 Å². The zero-order chi connectivity index (χ0) is 15.9. The van der Waals surface area contributed by atoms with E-state index in [1.54, 1.807) is 18.2 Å². The van der Waals surface area contributed by atoms with Gasteiger partial charge >= 0.3 is 0 Å². The Labute approximate surface area is 125 Å². The quantitative estimate of drug-likeness (QED) is 0.368. The molecule has 0 saturated heterocycles. The molecule has 0 fully saturated rings. The van der Waals surface area contributed by atoms with Gasteiger partial charge in [-0.15, -0.1) is 6.42 Å². The van der Waals surface area contributed by atoms with Crippen molar-refractivity contribution in [1.82, 2.24) is 0 Å². The molecule has 0 radical (unpaired) electrons. The Morgan fingerprint density at radius 2 is 1.77 bits per heavy atom. The Kier molecular flexibility index (Phi) is 2.96. The molecule has 0 spiro atoms. The number of carbonyl (C=O) groups excluding carboxylic acids is 2. The summed E-state index contributed by atoms with van der Waals surface area (Å²) in [7, 11) is 0. The predicted molar refractivity (Wildman–Crippen MR) is 78.6 cm³/mol. The molecular formula is C16H8N2O4. The number of nitro groups is 1. The van der Waals surface area contributed by atoms with Crippen molar-refractivity contribution in [2.75, 3.05) is 4.90 Å². The van der Waals surface area contributed by atoms with Crippen LogP contribution in [0.3, 0.4) is 0 Å². The van der Waals surface area contributed by atoms with Gasteiger partial charge in [0, 0.05) is 17.7 Å². The lowest BCUT2D eigenvalue weighted by Gasteiger charge is -2.13. The first kappa shape index (κ1) is 13.5. The molecule has 6 nitrogen and oxygen atoms in total. The van der Waals surface area contributed by atoms with E-state index in [4.69, 9.17) is 6.42 Å². The van der Waals surface area contributed by atoms with Gasteiger partial charge in [0.2, 0.25) is 0 Å². The fourth-order valence-electron chi connectivity index (χ4n) is 2.31. The topological polar surface area (TPSA) is 80.5 Å². The molecule has 2 aromatic carbocycles. The van der Waals surface area contributed by atoms with Gasteiger partial charge in [-0.2, -0.15) is 0 Å². The summed E-state index contributed by atoms with van der Waals surface area (Å²) in [6.07, 6.45) is 5.31. The fourth-order valence-corrected chi connectivity index (χ4v) is 2.31. The lowest BCUT2D eigenvalue weighted by Crippen LogP contribution is -2.29. The first-order valence-corrected chi connectivity index (χ1v) is 6.27. The molecule has 3 rings (SSSR count). The van der Waals surface area contributed by atoms with Gasteiger partial charge in [-0.3, -0.25) is 19.7 Å². The van der Waals surface area contributed by atoms with Crippen LogP contribution in [-0.4, -0.2) is 16.7 Å². The third-order valence-corrected chi connectivity index (χ3v) is 3.35. The molecule has 2 amide bonds. The van der Waals surface area contributed by atoms with Gasteiger partial charge in [0.05, 0.1) is 21.7 Å². The Morgan fingerprint density at radius 3 is 2.45 bits per heavy atom. The SMILES string of the molecule is C#Cc1cccc(N2C(=O)c3ccc([N+](=O)[O-])cc3C2=O)c1. The van der Waals surface area contributed by atoms with E-state index in [0.717, 1.165) is 11.0 Å². The van der Waals surface area contributed by atoms with Crippen molar-refractivity contribution in [3.8, 4) is 12.3 Å². The standard InChI is InChI=1S/C16H8N2O4/c1-2-10-4-3-5-11(8-10)17-15(19)13-7-6-12(18(21)22)9-14(13)16(17)20/h1,3-9H. The van der Waals surface area contributed by atoms with Crippen molar-refractivity contribution in [2.24, 2.45) is 0 Å². The molecule has 0 N–H and O–H groups in total. The molecule has 0 aliphatic carbocycles. The van der Waals surface area contributed by atoms with Crippen LogP contribution in [0.5, 0.6) is 0 Å². The van der Waals surface area contributed by atoms with Crippen molar-refractivity contribution in [1.29, 1.82) is 0 Å². The zero-order valence-corrected chi connectivity index (χ0v) is 11.1. The smallest absolute Gasteiger partial charge is 0.268 e. The number of benzene rings is 2. The first-order chi connectivity index (χ1) is 10.5. The summed E-state index contributed by atoms with van der Waals surface area (Å²) in [5.74, 6) is 1.30. The lowest BCUT2D eigenvalue weighted by molar-refractivity contribution is -0.384. The minimum absolute atomic E-state index is 0.0188. The molecule has 2 aromatic rings. The normalized spacial score (nSPS) is 13.0. The van der Waals surface area contributed by atoms with Gasteiger partial charge in [-0.1, -0.05) is 12.0 Å². The molecular weight excluding hydrogens is 284 g/mol. The van der Waals surface area contributed by atoms with E-state index in [-0.39, 0.29) is 16.8 Å². The summed E-state index contributed by atoms with van der Waals surface area (Å²) in [6.45, 7) is 0. The monoisotopic (exact) mass is 292 g/mol. The van der Waals surface area contributed by atoms with Crippen LogP contribution < -0.4 is 4.90 Å². The molecule has 0 saturated carbocycles. The minimum Gasteiger partial charge on any atom is -0.268 e.